The molecule has 1 aromatic carbocycles. The Labute approximate surface area is 121 Å². The predicted molar refractivity (Wildman–Crippen MR) is 83.3 cm³/mol. The Morgan fingerprint density at radius 1 is 1.32 bits per heavy atom. The smallest absolute Gasteiger partial charge is 0.119 e. The van der Waals surface area contributed by atoms with Crippen LogP contribution in [0, 0.1) is 12.8 Å². The molecule has 0 aromatic heterocycles. The van der Waals surface area contributed by atoms with E-state index < -0.39 is 0 Å². The summed E-state index contributed by atoms with van der Waals surface area (Å²) in [6, 6.07) is 6.39. The Kier molecular flexibility index (Phi) is 6.05. The Hall–Kier alpha value is -0.670. The molecule has 1 aliphatic heterocycles. The largest absolute Gasteiger partial charge is 0.494 e. The lowest BCUT2D eigenvalue weighted by molar-refractivity contribution is 0.273. The van der Waals surface area contributed by atoms with Crippen molar-refractivity contribution >= 4 is 11.8 Å². The second-order valence-electron chi connectivity index (χ2n) is 5.32. The van der Waals surface area contributed by atoms with E-state index in [1.54, 1.807) is 11.8 Å². The summed E-state index contributed by atoms with van der Waals surface area (Å²) in [5.74, 6) is 1.92. The molecular formula is C16H25NOS. The lowest BCUT2D eigenvalue weighted by Gasteiger charge is -2.22. The van der Waals surface area contributed by atoms with E-state index in [2.05, 4.69) is 36.7 Å². The van der Waals surface area contributed by atoms with Crippen molar-refractivity contribution < 1.29 is 4.74 Å². The van der Waals surface area contributed by atoms with E-state index in [-0.39, 0.29) is 0 Å². The van der Waals surface area contributed by atoms with Gasteiger partial charge >= 0.3 is 0 Å². The van der Waals surface area contributed by atoms with E-state index >= 15 is 0 Å². The molecule has 1 aliphatic rings. The standard InChI is InChI=1S/C16H25NOS/c1-13-12-15(5-6-16(13)19-2)18-11-3-4-14-7-9-17-10-8-14/h5-6,12,14,17H,3-4,7-11H2,1-2H3. The predicted octanol–water partition coefficient (Wildman–Crippen LogP) is 3.88. The second-order valence-corrected chi connectivity index (χ2v) is 6.16. The van der Waals surface area contributed by atoms with Gasteiger partial charge < -0.3 is 10.1 Å². The van der Waals surface area contributed by atoms with Crippen molar-refractivity contribution in [1.29, 1.82) is 0 Å². The van der Waals surface area contributed by atoms with Gasteiger partial charge in [0.15, 0.2) is 0 Å². The van der Waals surface area contributed by atoms with Crippen LogP contribution in [0.2, 0.25) is 0 Å². The number of rotatable bonds is 6. The quantitative estimate of drug-likeness (QED) is 0.631. The summed E-state index contributed by atoms with van der Waals surface area (Å²) in [4.78, 5) is 1.34. The molecule has 0 spiro atoms. The molecule has 1 saturated heterocycles. The third kappa shape index (κ3) is 4.73. The molecule has 1 N–H and O–H groups in total. The molecule has 1 heterocycles. The van der Waals surface area contributed by atoms with Crippen LogP contribution in [0.15, 0.2) is 23.1 Å². The Bertz CT molecular complexity index is 388. The first-order valence-corrected chi connectivity index (χ1v) is 8.50. The minimum atomic E-state index is 0.849. The van der Waals surface area contributed by atoms with Crippen LogP contribution in [0.25, 0.3) is 0 Å². The van der Waals surface area contributed by atoms with Crippen molar-refractivity contribution in [2.75, 3.05) is 26.0 Å². The highest BCUT2D eigenvalue weighted by molar-refractivity contribution is 7.98. The third-order valence-electron chi connectivity index (χ3n) is 3.85. The number of benzene rings is 1. The number of ether oxygens (including phenoxy) is 1. The molecule has 0 saturated carbocycles. The summed E-state index contributed by atoms with van der Waals surface area (Å²) in [6.45, 7) is 5.39. The van der Waals surface area contributed by atoms with E-state index in [0.717, 1.165) is 18.3 Å². The van der Waals surface area contributed by atoms with Gasteiger partial charge in [0.2, 0.25) is 0 Å². The number of hydrogen-bond acceptors (Lipinski definition) is 3. The topological polar surface area (TPSA) is 21.3 Å². The van der Waals surface area contributed by atoms with Crippen molar-refractivity contribution in [3.63, 3.8) is 0 Å². The normalized spacial score (nSPS) is 16.5. The van der Waals surface area contributed by atoms with E-state index in [9.17, 15) is 0 Å². The van der Waals surface area contributed by atoms with E-state index in [1.807, 2.05) is 0 Å². The molecule has 0 amide bonds. The molecule has 0 bridgehead atoms. The maximum atomic E-state index is 5.85. The maximum absolute atomic E-state index is 5.85. The van der Waals surface area contributed by atoms with Gasteiger partial charge in [0, 0.05) is 4.90 Å². The van der Waals surface area contributed by atoms with Crippen LogP contribution < -0.4 is 10.1 Å². The van der Waals surface area contributed by atoms with Gasteiger partial charge in [0.1, 0.15) is 5.75 Å². The third-order valence-corrected chi connectivity index (χ3v) is 4.75. The highest BCUT2D eigenvalue weighted by Crippen LogP contribution is 2.24. The highest BCUT2D eigenvalue weighted by Gasteiger charge is 2.12. The summed E-state index contributed by atoms with van der Waals surface area (Å²) in [5, 5.41) is 3.41. The molecule has 3 heteroatoms. The van der Waals surface area contributed by atoms with Gasteiger partial charge in [-0.15, -0.1) is 11.8 Å². The average molecular weight is 279 g/mol. The Balaban J connectivity index is 1.69. The molecule has 1 fully saturated rings. The summed E-state index contributed by atoms with van der Waals surface area (Å²) < 4.78 is 5.85. The molecule has 2 rings (SSSR count). The lowest BCUT2D eigenvalue weighted by atomic mass is 9.93. The number of nitrogens with one attached hydrogen (secondary N) is 1. The fraction of sp³-hybridized carbons (Fsp3) is 0.625. The number of aryl methyl sites for hydroxylation is 1. The molecule has 0 aliphatic carbocycles. The van der Waals surface area contributed by atoms with Crippen molar-refractivity contribution in [2.24, 2.45) is 5.92 Å². The van der Waals surface area contributed by atoms with Crippen LogP contribution in [0.3, 0.4) is 0 Å². The second kappa shape index (κ2) is 7.81. The van der Waals surface area contributed by atoms with E-state index in [1.165, 1.54) is 49.2 Å². The van der Waals surface area contributed by atoms with Crippen molar-refractivity contribution in [1.82, 2.24) is 5.32 Å². The zero-order chi connectivity index (χ0) is 13.5. The fourth-order valence-electron chi connectivity index (χ4n) is 2.67. The Morgan fingerprint density at radius 2 is 2.11 bits per heavy atom. The first kappa shape index (κ1) is 14.7. The minimum Gasteiger partial charge on any atom is -0.494 e. The van der Waals surface area contributed by atoms with Gasteiger partial charge in [-0.3, -0.25) is 0 Å². The number of piperidine rings is 1. The van der Waals surface area contributed by atoms with Gasteiger partial charge in [-0.1, -0.05) is 0 Å². The molecule has 19 heavy (non-hydrogen) atoms. The first-order valence-electron chi connectivity index (χ1n) is 7.28. The van der Waals surface area contributed by atoms with Crippen molar-refractivity contribution in [3.05, 3.63) is 23.8 Å². The lowest BCUT2D eigenvalue weighted by Crippen LogP contribution is -2.27. The van der Waals surface area contributed by atoms with Gasteiger partial charge in [0.25, 0.3) is 0 Å². The fourth-order valence-corrected chi connectivity index (χ4v) is 3.26. The summed E-state index contributed by atoms with van der Waals surface area (Å²) in [6.07, 6.45) is 7.27. The van der Waals surface area contributed by atoms with Crippen LogP contribution >= 0.6 is 11.8 Å². The van der Waals surface area contributed by atoms with Crippen molar-refractivity contribution in [3.8, 4) is 5.75 Å². The zero-order valence-corrected chi connectivity index (χ0v) is 12.9. The number of hydrogen-bond donors (Lipinski definition) is 1. The minimum absolute atomic E-state index is 0.849. The van der Waals surface area contributed by atoms with Gasteiger partial charge in [-0.25, -0.2) is 0 Å². The summed E-state index contributed by atoms with van der Waals surface area (Å²) in [7, 11) is 0. The van der Waals surface area contributed by atoms with Gasteiger partial charge in [0.05, 0.1) is 6.61 Å². The van der Waals surface area contributed by atoms with Crippen LogP contribution in [-0.4, -0.2) is 26.0 Å². The van der Waals surface area contributed by atoms with Crippen LogP contribution in [-0.2, 0) is 0 Å². The average Bonchev–Trinajstić information content (AvgIpc) is 2.45. The molecular weight excluding hydrogens is 254 g/mol. The maximum Gasteiger partial charge on any atom is 0.119 e. The monoisotopic (exact) mass is 279 g/mol. The Morgan fingerprint density at radius 3 is 2.79 bits per heavy atom. The SMILES string of the molecule is CSc1ccc(OCCCC2CCNCC2)cc1C. The molecule has 0 unspecified atom stereocenters. The van der Waals surface area contributed by atoms with E-state index in [0.29, 0.717) is 0 Å². The molecule has 0 atom stereocenters. The van der Waals surface area contributed by atoms with Crippen LogP contribution in [0.1, 0.15) is 31.2 Å². The summed E-state index contributed by atoms with van der Waals surface area (Å²) >= 11 is 1.79. The van der Waals surface area contributed by atoms with Gasteiger partial charge in [-0.2, -0.15) is 0 Å². The molecule has 1 aromatic rings. The molecule has 2 nitrogen and oxygen atoms in total. The summed E-state index contributed by atoms with van der Waals surface area (Å²) in [5.41, 5.74) is 1.31. The van der Waals surface area contributed by atoms with Crippen molar-refractivity contribution in [2.45, 2.75) is 37.5 Å². The van der Waals surface area contributed by atoms with Crippen LogP contribution in [0.5, 0.6) is 5.75 Å². The zero-order valence-electron chi connectivity index (χ0n) is 12.1. The highest BCUT2D eigenvalue weighted by atomic mass is 32.2. The van der Waals surface area contributed by atoms with Crippen LogP contribution in [0.4, 0.5) is 0 Å². The van der Waals surface area contributed by atoms with Gasteiger partial charge in [-0.05, 0) is 81.6 Å². The molecule has 106 valence electrons. The van der Waals surface area contributed by atoms with E-state index in [4.69, 9.17) is 4.74 Å². The number of thioether (sulfide) groups is 1. The first-order chi connectivity index (χ1) is 9.29. The molecule has 0 radical (unpaired) electrons.